The minimum atomic E-state index is -0.112. The number of rotatable bonds is 4. The second-order valence-corrected chi connectivity index (χ2v) is 5.12. The standard InChI is InChI=1S/C16H22O2/c1-3-12(11-16(17)18-2)15-9-8-13-6-4-5-7-14(13)10-15/h8-10,12H,3-7,11H2,1-2H3. The van der Waals surface area contributed by atoms with E-state index in [1.165, 1.54) is 49.5 Å². The van der Waals surface area contributed by atoms with Crippen LogP contribution in [0.3, 0.4) is 0 Å². The monoisotopic (exact) mass is 246 g/mol. The third-order valence-corrected chi connectivity index (χ3v) is 3.98. The lowest BCUT2D eigenvalue weighted by Gasteiger charge is -2.20. The first-order chi connectivity index (χ1) is 8.74. The molecule has 1 aromatic rings. The van der Waals surface area contributed by atoms with Crippen LogP contribution in [-0.4, -0.2) is 13.1 Å². The zero-order valence-electron chi connectivity index (χ0n) is 11.4. The number of carbonyl (C=O) groups excluding carboxylic acids is 1. The number of aryl methyl sites for hydroxylation is 2. The predicted molar refractivity (Wildman–Crippen MR) is 72.7 cm³/mol. The fourth-order valence-corrected chi connectivity index (χ4v) is 2.79. The average Bonchev–Trinajstić information content (AvgIpc) is 2.44. The molecule has 0 radical (unpaired) electrons. The van der Waals surface area contributed by atoms with Crippen molar-refractivity contribution < 1.29 is 9.53 Å². The molecule has 1 atom stereocenters. The number of benzene rings is 1. The molecule has 0 spiro atoms. The number of carbonyl (C=O) groups is 1. The van der Waals surface area contributed by atoms with Gasteiger partial charge >= 0.3 is 5.97 Å². The molecule has 0 fully saturated rings. The molecule has 0 heterocycles. The number of hydrogen-bond donors (Lipinski definition) is 0. The summed E-state index contributed by atoms with van der Waals surface area (Å²) in [5.41, 5.74) is 4.28. The van der Waals surface area contributed by atoms with Crippen molar-refractivity contribution in [3.8, 4) is 0 Å². The molecule has 0 aromatic heterocycles. The van der Waals surface area contributed by atoms with E-state index in [9.17, 15) is 4.79 Å². The van der Waals surface area contributed by atoms with Crippen LogP contribution < -0.4 is 0 Å². The van der Waals surface area contributed by atoms with E-state index < -0.39 is 0 Å². The van der Waals surface area contributed by atoms with E-state index in [2.05, 4.69) is 25.1 Å². The fraction of sp³-hybridized carbons (Fsp3) is 0.562. The Hall–Kier alpha value is -1.31. The van der Waals surface area contributed by atoms with Crippen molar-refractivity contribution in [1.29, 1.82) is 0 Å². The lowest BCUT2D eigenvalue weighted by atomic mass is 9.86. The van der Waals surface area contributed by atoms with E-state index in [1.54, 1.807) is 0 Å². The average molecular weight is 246 g/mol. The number of esters is 1. The minimum absolute atomic E-state index is 0.112. The molecule has 2 heteroatoms. The SMILES string of the molecule is CCC(CC(=O)OC)c1ccc2c(c1)CCCC2. The van der Waals surface area contributed by atoms with Gasteiger partial charge in [0.1, 0.15) is 0 Å². The molecule has 0 bridgehead atoms. The highest BCUT2D eigenvalue weighted by Gasteiger charge is 2.17. The molecule has 0 N–H and O–H groups in total. The highest BCUT2D eigenvalue weighted by Crippen LogP contribution is 2.29. The number of ether oxygens (including phenoxy) is 1. The summed E-state index contributed by atoms with van der Waals surface area (Å²) >= 11 is 0. The van der Waals surface area contributed by atoms with Crippen molar-refractivity contribution in [1.82, 2.24) is 0 Å². The van der Waals surface area contributed by atoms with Crippen LogP contribution >= 0.6 is 0 Å². The third kappa shape index (κ3) is 2.92. The largest absolute Gasteiger partial charge is 0.469 e. The van der Waals surface area contributed by atoms with Crippen LogP contribution in [0.15, 0.2) is 18.2 Å². The Morgan fingerprint density at radius 1 is 1.28 bits per heavy atom. The van der Waals surface area contributed by atoms with Crippen LogP contribution in [0.25, 0.3) is 0 Å². The Morgan fingerprint density at radius 3 is 2.67 bits per heavy atom. The van der Waals surface area contributed by atoms with Gasteiger partial charge in [-0.3, -0.25) is 4.79 Å². The lowest BCUT2D eigenvalue weighted by Crippen LogP contribution is -2.10. The Kier molecular flexibility index (Phi) is 4.40. The van der Waals surface area contributed by atoms with Crippen molar-refractivity contribution in [2.75, 3.05) is 7.11 Å². The van der Waals surface area contributed by atoms with Crippen LogP contribution in [0.1, 0.15) is 55.2 Å². The van der Waals surface area contributed by atoms with Gasteiger partial charge in [-0.25, -0.2) is 0 Å². The van der Waals surface area contributed by atoms with Gasteiger partial charge in [-0.05, 0) is 54.7 Å². The second-order valence-electron chi connectivity index (χ2n) is 5.12. The van der Waals surface area contributed by atoms with E-state index in [1.807, 2.05) is 0 Å². The quantitative estimate of drug-likeness (QED) is 0.758. The molecule has 98 valence electrons. The summed E-state index contributed by atoms with van der Waals surface area (Å²) in [5, 5.41) is 0. The highest BCUT2D eigenvalue weighted by molar-refractivity contribution is 5.70. The third-order valence-electron chi connectivity index (χ3n) is 3.98. The van der Waals surface area contributed by atoms with Crippen molar-refractivity contribution in [2.45, 2.75) is 51.4 Å². The highest BCUT2D eigenvalue weighted by atomic mass is 16.5. The number of fused-ring (bicyclic) bond motifs is 1. The summed E-state index contributed by atoms with van der Waals surface area (Å²) in [6, 6.07) is 6.76. The van der Waals surface area contributed by atoms with E-state index in [0.29, 0.717) is 12.3 Å². The molecule has 0 saturated heterocycles. The van der Waals surface area contributed by atoms with Crippen molar-refractivity contribution in [3.05, 3.63) is 34.9 Å². The minimum Gasteiger partial charge on any atom is -0.469 e. The molecule has 0 saturated carbocycles. The van der Waals surface area contributed by atoms with Crippen LogP contribution in [-0.2, 0) is 22.4 Å². The van der Waals surface area contributed by atoms with Gasteiger partial charge in [0.25, 0.3) is 0 Å². The van der Waals surface area contributed by atoms with Crippen LogP contribution in [0.2, 0.25) is 0 Å². The smallest absolute Gasteiger partial charge is 0.306 e. The first-order valence-corrected chi connectivity index (χ1v) is 6.93. The van der Waals surface area contributed by atoms with Crippen molar-refractivity contribution >= 4 is 5.97 Å². The summed E-state index contributed by atoms with van der Waals surface area (Å²) < 4.78 is 4.78. The van der Waals surface area contributed by atoms with Crippen LogP contribution in [0.4, 0.5) is 0 Å². The van der Waals surface area contributed by atoms with Gasteiger partial charge in [0.2, 0.25) is 0 Å². The topological polar surface area (TPSA) is 26.3 Å². The fourth-order valence-electron chi connectivity index (χ4n) is 2.79. The normalized spacial score (nSPS) is 15.9. The van der Waals surface area contributed by atoms with Crippen LogP contribution in [0.5, 0.6) is 0 Å². The van der Waals surface area contributed by atoms with Gasteiger partial charge in [0.15, 0.2) is 0 Å². The zero-order chi connectivity index (χ0) is 13.0. The van der Waals surface area contributed by atoms with E-state index in [-0.39, 0.29) is 5.97 Å². The Balaban J connectivity index is 2.18. The summed E-state index contributed by atoms with van der Waals surface area (Å²) in [6.07, 6.45) is 6.48. The number of methoxy groups -OCH3 is 1. The van der Waals surface area contributed by atoms with Gasteiger partial charge in [-0.1, -0.05) is 25.1 Å². The van der Waals surface area contributed by atoms with Gasteiger partial charge < -0.3 is 4.74 Å². The molecular weight excluding hydrogens is 224 g/mol. The zero-order valence-corrected chi connectivity index (χ0v) is 11.4. The maximum absolute atomic E-state index is 11.4. The number of hydrogen-bond acceptors (Lipinski definition) is 2. The Morgan fingerprint density at radius 2 is 2.00 bits per heavy atom. The second kappa shape index (κ2) is 6.03. The van der Waals surface area contributed by atoms with Gasteiger partial charge in [-0.2, -0.15) is 0 Å². The van der Waals surface area contributed by atoms with Crippen molar-refractivity contribution in [3.63, 3.8) is 0 Å². The lowest BCUT2D eigenvalue weighted by molar-refractivity contribution is -0.141. The maximum atomic E-state index is 11.4. The van der Waals surface area contributed by atoms with Crippen LogP contribution in [0, 0.1) is 0 Å². The van der Waals surface area contributed by atoms with E-state index in [4.69, 9.17) is 4.74 Å². The van der Waals surface area contributed by atoms with Gasteiger partial charge in [0.05, 0.1) is 13.5 Å². The Bertz CT molecular complexity index is 423. The molecular formula is C16H22O2. The van der Waals surface area contributed by atoms with Crippen molar-refractivity contribution in [2.24, 2.45) is 0 Å². The van der Waals surface area contributed by atoms with Gasteiger partial charge in [-0.15, -0.1) is 0 Å². The molecule has 1 aliphatic carbocycles. The molecule has 0 aliphatic heterocycles. The molecule has 1 aromatic carbocycles. The Labute approximate surface area is 109 Å². The summed E-state index contributed by atoms with van der Waals surface area (Å²) in [6.45, 7) is 2.13. The maximum Gasteiger partial charge on any atom is 0.306 e. The predicted octanol–water partition coefficient (Wildman–Crippen LogP) is 3.62. The van der Waals surface area contributed by atoms with Gasteiger partial charge in [0, 0.05) is 0 Å². The summed E-state index contributed by atoms with van der Waals surface area (Å²) in [5.74, 6) is 0.184. The molecule has 0 amide bonds. The first kappa shape index (κ1) is 13.1. The molecule has 1 aliphatic rings. The molecule has 1 unspecified atom stereocenters. The van der Waals surface area contributed by atoms with E-state index in [0.717, 1.165) is 6.42 Å². The first-order valence-electron chi connectivity index (χ1n) is 6.93. The van der Waals surface area contributed by atoms with E-state index >= 15 is 0 Å². The molecule has 2 nitrogen and oxygen atoms in total. The molecule has 18 heavy (non-hydrogen) atoms. The summed E-state index contributed by atoms with van der Waals surface area (Å²) in [4.78, 5) is 11.4. The molecule has 2 rings (SSSR count). The summed E-state index contributed by atoms with van der Waals surface area (Å²) in [7, 11) is 1.46.